The van der Waals surface area contributed by atoms with Gasteiger partial charge in [0.25, 0.3) is 0 Å². The lowest BCUT2D eigenvalue weighted by molar-refractivity contribution is -0.124. The molecule has 22 heavy (non-hydrogen) atoms. The highest BCUT2D eigenvalue weighted by Crippen LogP contribution is 2.49. The lowest BCUT2D eigenvalue weighted by Crippen LogP contribution is -2.34. The maximum absolute atomic E-state index is 12.7. The molecule has 4 atom stereocenters. The number of rotatable bonds is 1. The molecule has 5 rings (SSSR count). The first-order valence-corrected chi connectivity index (χ1v) is 7.76. The van der Waals surface area contributed by atoms with Gasteiger partial charge in [0, 0.05) is 0 Å². The second kappa shape index (κ2) is 4.17. The van der Waals surface area contributed by atoms with E-state index in [1.807, 2.05) is 42.5 Å². The van der Waals surface area contributed by atoms with Crippen LogP contribution in [-0.4, -0.2) is 24.0 Å². The Labute approximate surface area is 127 Å². The molecule has 4 nitrogen and oxygen atoms in total. The molecule has 2 unspecified atom stereocenters. The van der Waals surface area contributed by atoms with Gasteiger partial charge >= 0.3 is 0 Å². The van der Waals surface area contributed by atoms with Gasteiger partial charge in [-0.15, -0.1) is 0 Å². The average Bonchev–Trinajstić information content (AvgIpc) is 3.21. The molecule has 0 saturated carbocycles. The van der Waals surface area contributed by atoms with Crippen LogP contribution in [0.2, 0.25) is 0 Å². The normalized spacial score (nSPS) is 33.0. The van der Waals surface area contributed by atoms with Crippen molar-refractivity contribution in [2.45, 2.75) is 25.0 Å². The third-order valence-corrected chi connectivity index (χ3v) is 5.28. The van der Waals surface area contributed by atoms with Crippen LogP contribution in [0.5, 0.6) is 0 Å². The molecular weight excluding hydrogens is 278 g/mol. The molecule has 0 spiro atoms. The van der Waals surface area contributed by atoms with Crippen LogP contribution in [0.3, 0.4) is 0 Å². The first kappa shape index (κ1) is 12.4. The summed E-state index contributed by atoms with van der Waals surface area (Å²) >= 11 is 0. The Hall–Kier alpha value is -2.20. The smallest absolute Gasteiger partial charge is 0.240 e. The number of nitrogens with zero attached hydrogens (tertiary/aromatic N) is 1. The van der Waals surface area contributed by atoms with Crippen molar-refractivity contribution in [3.05, 3.63) is 42.5 Å². The Bertz CT molecular complexity index is 787. The van der Waals surface area contributed by atoms with Gasteiger partial charge in [0.05, 0.1) is 29.7 Å². The molecule has 4 heteroatoms. The van der Waals surface area contributed by atoms with Gasteiger partial charge in [-0.3, -0.25) is 9.59 Å². The van der Waals surface area contributed by atoms with Crippen LogP contribution in [0.1, 0.15) is 12.8 Å². The van der Waals surface area contributed by atoms with Crippen molar-refractivity contribution in [1.29, 1.82) is 0 Å². The lowest BCUT2D eigenvalue weighted by atomic mass is 9.81. The number of hydrogen-bond acceptors (Lipinski definition) is 3. The fourth-order valence-electron chi connectivity index (χ4n) is 4.28. The van der Waals surface area contributed by atoms with E-state index in [0.717, 1.165) is 23.6 Å². The molecule has 3 saturated heterocycles. The molecule has 2 aromatic rings. The van der Waals surface area contributed by atoms with Crippen LogP contribution in [0.4, 0.5) is 5.69 Å². The van der Waals surface area contributed by atoms with E-state index in [2.05, 4.69) is 0 Å². The second-order valence-corrected chi connectivity index (χ2v) is 6.39. The molecule has 2 aromatic carbocycles. The fraction of sp³-hybridized carbons (Fsp3) is 0.333. The molecule has 0 radical (unpaired) electrons. The van der Waals surface area contributed by atoms with Crippen molar-refractivity contribution >= 4 is 28.3 Å². The summed E-state index contributed by atoms with van der Waals surface area (Å²) in [6, 6.07) is 13.7. The average molecular weight is 293 g/mol. The Morgan fingerprint density at radius 3 is 2.18 bits per heavy atom. The Morgan fingerprint density at radius 2 is 1.50 bits per heavy atom. The predicted molar refractivity (Wildman–Crippen MR) is 81.3 cm³/mol. The highest BCUT2D eigenvalue weighted by molar-refractivity contribution is 6.23. The first-order valence-electron chi connectivity index (χ1n) is 7.76. The van der Waals surface area contributed by atoms with Gasteiger partial charge in [0.1, 0.15) is 0 Å². The molecule has 3 heterocycles. The molecule has 110 valence electrons. The van der Waals surface area contributed by atoms with Crippen LogP contribution >= 0.6 is 0 Å². The zero-order chi connectivity index (χ0) is 14.8. The van der Waals surface area contributed by atoms with Crippen molar-refractivity contribution in [1.82, 2.24) is 0 Å². The number of fused-ring (bicyclic) bond motifs is 6. The number of ether oxygens (including phenoxy) is 1. The largest absolute Gasteiger partial charge is 0.373 e. The zero-order valence-electron chi connectivity index (χ0n) is 11.9. The number of carbonyl (C=O) groups excluding carboxylic acids is 2. The fourth-order valence-corrected chi connectivity index (χ4v) is 4.28. The molecule has 2 amide bonds. The Balaban J connectivity index is 1.59. The van der Waals surface area contributed by atoms with Crippen molar-refractivity contribution in [2.24, 2.45) is 11.8 Å². The summed E-state index contributed by atoms with van der Waals surface area (Å²) in [5.74, 6) is -0.703. The first-order chi connectivity index (χ1) is 10.7. The topological polar surface area (TPSA) is 46.6 Å². The molecule has 3 aliphatic heterocycles. The Kier molecular flexibility index (Phi) is 2.34. The zero-order valence-corrected chi connectivity index (χ0v) is 11.9. The number of hydrogen-bond donors (Lipinski definition) is 0. The standard InChI is InChI=1S/C18H15NO3/c20-17-15-13-7-8-14(22-13)16(15)18(21)19(17)12-6-5-10-3-1-2-4-11(10)9-12/h1-6,9,13-16H,7-8H2/t13?,14?,15-,16+. The number of carbonyl (C=O) groups is 2. The number of anilines is 1. The molecular formula is C18H15NO3. The van der Waals surface area contributed by atoms with E-state index >= 15 is 0 Å². The second-order valence-electron chi connectivity index (χ2n) is 6.39. The van der Waals surface area contributed by atoms with E-state index in [9.17, 15) is 9.59 Å². The van der Waals surface area contributed by atoms with E-state index < -0.39 is 0 Å². The van der Waals surface area contributed by atoms with Crippen molar-refractivity contribution in [2.75, 3.05) is 4.90 Å². The minimum Gasteiger partial charge on any atom is -0.373 e. The number of benzene rings is 2. The maximum Gasteiger partial charge on any atom is 0.240 e. The molecule has 0 aromatic heterocycles. The highest BCUT2D eigenvalue weighted by atomic mass is 16.5. The quantitative estimate of drug-likeness (QED) is 0.759. The summed E-state index contributed by atoms with van der Waals surface area (Å²) < 4.78 is 5.77. The van der Waals surface area contributed by atoms with Crippen LogP contribution in [0.25, 0.3) is 10.8 Å². The van der Waals surface area contributed by atoms with E-state index in [1.54, 1.807) is 0 Å². The monoisotopic (exact) mass is 293 g/mol. The van der Waals surface area contributed by atoms with E-state index in [1.165, 1.54) is 4.90 Å². The molecule has 0 N–H and O–H groups in total. The molecule has 3 aliphatic rings. The van der Waals surface area contributed by atoms with Crippen molar-refractivity contribution < 1.29 is 14.3 Å². The third kappa shape index (κ3) is 1.45. The number of amides is 2. The van der Waals surface area contributed by atoms with Crippen LogP contribution < -0.4 is 4.90 Å². The van der Waals surface area contributed by atoms with Crippen LogP contribution in [0, 0.1) is 11.8 Å². The van der Waals surface area contributed by atoms with Gasteiger partial charge in [-0.05, 0) is 35.7 Å². The minimum absolute atomic E-state index is 0.0584. The van der Waals surface area contributed by atoms with Gasteiger partial charge in [-0.2, -0.15) is 0 Å². The van der Waals surface area contributed by atoms with Gasteiger partial charge in [0.15, 0.2) is 0 Å². The van der Waals surface area contributed by atoms with E-state index in [-0.39, 0.29) is 35.9 Å². The summed E-state index contributed by atoms with van der Waals surface area (Å²) in [7, 11) is 0. The SMILES string of the molecule is O=C1[C@@H]2C3CCC(O3)[C@@H]2C(=O)N1c1ccc2ccccc2c1. The van der Waals surface area contributed by atoms with E-state index in [0.29, 0.717) is 5.69 Å². The summed E-state index contributed by atoms with van der Waals surface area (Å²) in [5, 5.41) is 2.14. The van der Waals surface area contributed by atoms with Gasteiger partial charge in [-0.25, -0.2) is 4.90 Å². The summed E-state index contributed by atoms with van der Waals surface area (Å²) in [6.07, 6.45) is 1.68. The van der Waals surface area contributed by atoms with Gasteiger partial charge < -0.3 is 4.74 Å². The minimum atomic E-state index is -0.266. The van der Waals surface area contributed by atoms with Crippen LogP contribution in [-0.2, 0) is 14.3 Å². The Morgan fingerprint density at radius 1 is 0.864 bits per heavy atom. The van der Waals surface area contributed by atoms with Gasteiger partial charge in [-0.1, -0.05) is 30.3 Å². The summed E-state index contributed by atoms with van der Waals surface area (Å²) in [6.45, 7) is 0. The van der Waals surface area contributed by atoms with Gasteiger partial charge in [0.2, 0.25) is 11.8 Å². The van der Waals surface area contributed by atoms with Crippen molar-refractivity contribution in [3.63, 3.8) is 0 Å². The maximum atomic E-state index is 12.7. The highest BCUT2D eigenvalue weighted by Gasteiger charge is 2.62. The summed E-state index contributed by atoms with van der Waals surface area (Å²) in [5.41, 5.74) is 0.683. The lowest BCUT2D eigenvalue weighted by Gasteiger charge is -2.18. The van der Waals surface area contributed by atoms with Crippen molar-refractivity contribution in [3.8, 4) is 0 Å². The molecule has 0 aliphatic carbocycles. The van der Waals surface area contributed by atoms with E-state index in [4.69, 9.17) is 4.74 Å². The van der Waals surface area contributed by atoms with Crippen LogP contribution in [0.15, 0.2) is 42.5 Å². The number of imide groups is 1. The third-order valence-electron chi connectivity index (χ3n) is 5.28. The molecule has 3 fully saturated rings. The molecule has 2 bridgehead atoms. The predicted octanol–water partition coefficient (Wildman–Crippen LogP) is 2.51. The summed E-state index contributed by atoms with van der Waals surface area (Å²) in [4.78, 5) is 26.9.